The minimum atomic E-state index is -0.0644. The van der Waals surface area contributed by atoms with Crippen LogP contribution in [0.4, 0.5) is 5.13 Å². The number of para-hydroxylation sites is 1. The molecule has 1 aromatic carbocycles. The fraction of sp³-hybridized carbons (Fsp3) is 0.467. The van der Waals surface area contributed by atoms with Crippen LogP contribution in [0.5, 0.6) is 5.75 Å². The van der Waals surface area contributed by atoms with Crippen molar-refractivity contribution < 1.29 is 9.53 Å². The first-order chi connectivity index (χ1) is 10.2. The minimum Gasteiger partial charge on any atom is -0.494 e. The van der Waals surface area contributed by atoms with Crippen LogP contribution in [-0.4, -0.2) is 29.0 Å². The lowest BCUT2D eigenvalue weighted by molar-refractivity contribution is -0.115. The summed E-state index contributed by atoms with van der Waals surface area (Å²) >= 11 is 3.15. The van der Waals surface area contributed by atoms with Crippen molar-refractivity contribution in [1.29, 1.82) is 0 Å². The second-order valence-electron chi connectivity index (χ2n) is 4.68. The molecule has 2 rings (SSSR count). The average Bonchev–Trinajstić information content (AvgIpc) is 2.89. The van der Waals surface area contributed by atoms with Gasteiger partial charge in [-0.3, -0.25) is 4.79 Å². The van der Waals surface area contributed by atoms with Gasteiger partial charge in [0.1, 0.15) is 11.3 Å². The second kappa shape index (κ2) is 7.66. The number of unbranched alkanes of at least 4 members (excludes halogenated alkanes) is 1. The van der Waals surface area contributed by atoms with Gasteiger partial charge < -0.3 is 10.1 Å². The molecule has 21 heavy (non-hydrogen) atoms. The van der Waals surface area contributed by atoms with Crippen molar-refractivity contribution in [1.82, 2.24) is 4.98 Å². The Morgan fingerprint density at radius 1 is 1.52 bits per heavy atom. The highest BCUT2D eigenvalue weighted by molar-refractivity contribution is 8.00. The van der Waals surface area contributed by atoms with E-state index in [-0.39, 0.29) is 11.2 Å². The molecule has 1 N–H and O–H groups in total. The molecule has 0 radical (unpaired) electrons. The van der Waals surface area contributed by atoms with E-state index in [1.165, 1.54) is 11.3 Å². The number of anilines is 1. The molecule has 0 aliphatic rings. The number of benzene rings is 1. The summed E-state index contributed by atoms with van der Waals surface area (Å²) in [5.41, 5.74) is 0.798. The molecule has 0 saturated carbocycles. The number of aromatic nitrogens is 1. The third-order valence-electron chi connectivity index (χ3n) is 3.07. The summed E-state index contributed by atoms with van der Waals surface area (Å²) in [5.74, 6) is 1.75. The van der Waals surface area contributed by atoms with Crippen LogP contribution >= 0.6 is 23.1 Å². The van der Waals surface area contributed by atoms with Crippen molar-refractivity contribution in [3.63, 3.8) is 0 Å². The zero-order chi connectivity index (χ0) is 15.2. The summed E-state index contributed by atoms with van der Waals surface area (Å²) in [6.45, 7) is 4.09. The molecule has 4 nitrogen and oxygen atoms in total. The molecule has 6 heteroatoms. The van der Waals surface area contributed by atoms with Crippen LogP contribution in [0.25, 0.3) is 10.2 Å². The average molecular weight is 324 g/mol. The summed E-state index contributed by atoms with van der Waals surface area (Å²) in [6.07, 6.45) is 2.29. The molecule has 0 aliphatic carbocycles. The quantitative estimate of drug-likeness (QED) is 0.777. The van der Waals surface area contributed by atoms with E-state index < -0.39 is 0 Å². The number of nitrogens with one attached hydrogen (secondary N) is 1. The Morgan fingerprint density at radius 3 is 3.05 bits per heavy atom. The molecular formula is C15H20N2O2S2. The van der Waals surface area contributed by atoms with Gasteiger partial charge in [-0.2, -0.15) is 0 Å². The summed E-state index contributed by atoms with van der Waals surface area (Å²) in [4.78, 5) is 16.6. The van der Waals surface area contributed by atoms with E-state index in [0.717, 1.165) is 34.6 Å². The van der Waals surface area contributed by atoms with Gasteiger partial charge in [-0.05, 0) is 31.2 Å². The fourth-order valence-corrected chi connectivity index (χ4v) is 3.73. The number of hydrogen-bond donors (Lipinski definition) is 1. The number of rotatable bonds is 7. The van der Waals surface area contributed by atoms with E-state index in [4.69, 9.17) is 4.74 Å². The minimum absolute atomic E-state index is 0.00845. The third-order valence-corrected chi connectivity index (χ3v) is 5.24. The molecule has 0 fully saturated rings. The predicted octanol–water partition coefficient (Wildman–Crippen LogP) is 4.17. The van der Waals surface area contributed by atoms with E-state index in [1.807, 2.05) is 25.1 Å². The van der Waals surface area contributed by atoms with Crippen molar-refractivity contribution in [2.24, 2.45) is 0 Å². The van der Waals surface area contributed by atoms with Crippen LogP contribution in [0.1, 0.15) is 26.7 Å². The number of carbonyl (C=O) groups excluding carboxylic acids is 1. The van der Waals surface area contributed by atoms with Gasteiger partial charge in [0.25, 0.3) is 0 Å². The standard InChI is InChI=1S/C15H20N2O2S2/c1-4-5-9-20-10(2)14(18)17-15-16-13-11(19-3)7-6-8-12(13)21-15/h6-8,10H,4-5,9H2,1-3H3,(H,16,17,18). The Kier molecular flexibility index (Phi) is 5.87. The Bertz CT molecular complexity index is 613. The maximum absolute atomic E-state index is 12.1. The van der Waals surface area contributed by atoms with Gasteiger partial charge >= 0.3 is 0 Å². The number of fused-ring (bicyclic) bond motifs is 1. The molecule has 1 heterocycles. The van der Waals surface area contributed by atoms with Crippen LogP contribution in [-0.2, 0) is 4.79 Å². The van der Waals surface area contributed by atoms with Crippen LogP contribution in [0.15, 0.2) is 18.2 Å². The van der Waals surface area contributed by atoms with Crippen molar-refractivity contribution in [3.8, 4) is 5.75 Å². The maximum Gasteiger partial charge on any atom is 0.238 e. The molecule has 114 valence electrons. The SMILES string of the molecule is CCCCSC(C)C(=O)Nc1nc2c(OC)cccc2s1. The first-order valence-electron chi connectivity index (χ1n) is 7.01. The van der Waals surface area contributed by atoms with E-state index in [2.05, 4.69) is 17.2 Å². The lowest BCUT2D eigenvalue weighted by Gasteiger charge is -2.09. The highest BCUT2D eigenvalue weighted by Gasteiger charge is 2.16. The highest BCUT2D eigenvalue weighted by atomic mass is 32.2. The molecule has 2 aromatic rings. The summed E-state index contributed by atoms with van der Waals surface area (Å²) in [7, 11) is 1.62. The van der Waals surface area contributed by atoms with Crippen molar-refractivity contribution in [2.45, 2.75) is 31.9 Å². The van der Waals surface area contributed by atoms with Crippen LogP contribution in [0.3, 0.4) is 0 Å². The zero-order valence-corrected chi connectivity index (χ0v) is 14.1. The summed E-state index contributed by atoms with van der Waals surface area (Å²) in [5, 5.41) is 3.46. The third kappa shape index (κ3) is 4.11. The van der Waals surface area contributed by atoms with Crippen molar-refractivity contribution in [2.75, 3.05) is 18.2 Å². The molecule has 0 aliphatic heterocycles. The first kappa shape index (κ1) is 16.1. The molecule has 0 saturated heterocycles. The van der Waals surface area contributed by atoms with Gasteiger partial charge in [-0.25, -0.2) is 4.98 Å². The largest absolute Gasteiger partial charge is 0.494 e. The first-order valence-corrected chi connectivity index (χ1v) is 8.88. The van der Waals surface area contributed by atoms with E-state index in [9.17, 15) is 4.79 Å². The van der Waals surface area contributed by atoms with Crippen LogP contribution in [0, 0.1) is 0 Å². The van der Waals surface area contributed by atoms with Gasteiger partial charge in [0.15, 0.2) is 5.13 Å². The van der Waals surface area contributed by atoms with Crippen molar-refractivity contribution in [3.05, 3.63) is 18.2 Å². The summed E-state index contributed by atoms with van der Waals surface area (Å²) < 4.78 is 6.30. The van der Waals surface area contributed by atoms with Crippen LogP contribution in [0.2, 0.25) is 0 Å². The Balaban J connectivity index is 2.04. The van der Waals surface area contributed by atoms with E-state index in [1.54, 1.807) is 18.9 Å². The Morgan fingerprint density at radius 2 is 2.33 bits per heavy atom. The molecule has 0 bridgehead atoms. The lowest BCUT2D eigenvalue weighted by Crippen LogP contribution is -2.22. The normalized spacial score (nSPS) is 12.3. The monoisotopic (exact) mass is 324 g/mol. The number of methoxy groups -OCH3 is 1. The fourth-order valence-electron chi connectivity index (χ4n) is 1.83. The Hall–Kier alpha value is -1.27. The number of ether oxygens (including phenoxy) is 1. The van der Waals surface area contributed by atoms with E-state index >= 15 is 0 Å². The van der Waals surface area contributed by atoms with Crippen LogP contribution < -0.4 is 10.1 Å². The molecule has 1 unspecified atom stereocenters. The van der Waals surface area contributed by atoms with Gasteiger partial charge in [0.2, 0.25) is 5.91 Å². The predicted molar refractivity (Wildman–Crippen MR) is 91.6 cm³/mol. The number of thioether (sulfide) groups is 1. The number of hydrogen-bond acceptors (Lipinski definition) is 5. The number of amides is 1. The molecule has 0 spiro atoms. The van der Waals surface area contributed by atoms with Crippen molar-refractivity contribution >= 4 is 44.4 Å². The molecular weight excluding hydrogens is 304 g/mol. The number of carbonyl (C=O) groups is 1. The highest BCUT2D eigenvalue weighted by Crippen LogP contribution is 2.32. The van der Waals surface area contributed by atoms with Gasteiger partial charge in [-0.1, -0.05) is 30.7 Å². The number of nitrogens with zero attached hydrogens (tertiary/aromatic N) is 1. The molecule has 1 aromatic heterocycles. The second-order valence-corrected chi connectivity index (χ2v) is 7.16. The van der Waals surface area contributed by atoms with Gasteiger partial charge in [0, 0.05) is 0 Å². The Labute approximate surface area is 133 Å². The molecule has 1 amide bonds. The lowest BCUT2D eigenvalue weighted by atomic mass is 10.3. The smallest absolute Gasteiger partial charge is 0.238 e. The van der Waals surface area contributed by atoms with Gasteiger partial charge in [0.05, 0.1) is 17.1 Å². The summed E-state index contributed by atoms with van der Waals surface area (Å²) in [6, 6.07) is 5.77. The number of thiazole rings is 1. The van der Waals surface area contributed by atoms with E-state index in [0.29, 0.717) is 5.13 Å². The maximum atomic E-state index is 12.1. The zero-order valence-electron chi connectivity index (χ0n) is 12.5. The topological polar surface area (TPSA) is 51.2 Å². The molecule has 1 atom stereocenters. The van der Waals surface area contributed by atoms with Gasteiger partial charge in [-0.15, -0.1) is 11.8 Å².